The van der Waals surface area contributed by atoms with Gasteiger partial charge in [0.1, 0.15) is 6.61 Å². The van der Waals surface area contributed by atoms with Crippen molar-refractivity contribution in [2.24, 2.45) is 0 Å². The van der Waals surface area contributed by atoms with Crippen molar-refractivity contribution in [1.82, 2.24) is 4.90 Å². The fourth-order valence-electron chi connectivity index (χ4n) is 2.43. The minimum atomic E-state index is -0.767. The Hall–Kier alpha value is -2.19. The lowest BCUT2D eigenvalue weighted by Crippen LogP contribution is -2.36. The van der Waals surface area contributed by atoms with Crippen molar-refractivity contribution in [3.05, 3.63) is 30.1 Å². The molecule has 2 atom stereocenters. The van der Waals surface area contributed by atoms with Crippen LogP contribution in [0.4, 0.5) is 4.39 Å². The van der Waals surface area contributed by atoms with Crippen LogP contribution in [0.1, 0.15) is 19.8 Å². The molecular formula is C19H26FNO6. The van der Waals surface area contributed by atoms with Crippen LogP contribution in [-0.2, 0) is 23.8 Å². The third kappa shape index (κ3) is 7.15. The zero-order valence-electron chi connectivity index (χ0n) is 15.7. The number of para-hydroxylation sites is 1. The van der Waals surface area contributed by atoms with Crippen molar-refractivity contribution in [2.45, 2.75) is 32.0 Å². The molecule has 0 N–H and O–H groups in total. The van der Waals surface area contributed by atoms with E-state index in [0.29, 0.717) is 13.2 Å². The first-order valence-corrected chi connectivity index (χ1v) is 8.98. The number of esters is 1. The Morgan fingerprint density at radius 2 is 2.15 bits per heavy atom. The molecule has 0 aromatic heterocycles. The summed E-state index contributed by atoms with van der Waals surface area (Å²) < 4.78 is 34.6. The van der Waals surface area contributed by atoms with Crippen LogP contribution in [-0.4, -0.2) is 69.0 Å². The molecule has 0 radical (unpaired) electrons. The number of carbonyl (C=O) groups is 2. The molecule has 1 saturated heterocycles. The maximum absolute atomic E-state index is 13.4. The van der Waals surface area contributed by atoms with Crippen molar-refractivity contribution < 1.29 is 32.9 Å². The molecule has 0 bridgehead atoms. The van der Waals surface area contributed by atoms with Gasteiger partial charge in [-0.05, 0) is 31.9 Å². The summed E-state index contributed by atoms with van der Waals surface area (Å²) in [5, 5.41) is 0. The Morgan fingerprint density at radius 1 is 1.37 bits per heavy atom. The molecule has 0 aliphatic carbocycles. The number of nitrogens with zero attached hydrogens (tertiary/aromatic N) is 1. The highest BCUT2D eigenvalue weighted by atomic mass is 19.1. The Bertz CT molecular complexity index is 620. The van der Waals surface area contributed by atoms with E-state index in [2.05, 4.69) is 0 Å². The number of carbonyl (C=O) groups excluding carboxylic acids is 2. The predicted octanol–water partition coefficient (Wildman–Crippen LogP) is 1.79. The van der Waals surface area contributed by atoms with Gasteiger partial charge < -0.3 is 23.8 Å². The molecule has 8 heteroatoms. The maximum atomic E-state index is 13.4. The summed E-state index contributed by atoms with van der Waals surface area (Å²) in [6.07, 6.45) is 1.16. The van der Waals surface area contributed by atoms with Gasteiger partial charge in [0.15, 0.2) is 24.3 Å². The normalized spacial score (nSPS) is 17.4. The average molecular weight is 383 g/mol. The van der Waals surface area contributed by atoms with Crippen LogP contribution in [0, 0.1) is 5.82 Å². The highest BCUT2D eigenvalue weighted by Crippen LogP contribution is 2.15. The summed E-state index contributed by atoms with van der Waals surface area (Å²) in [5.41, 5.74) is 0. The first-order chi connectivity index (χ1) is 13.0. The number of benzene rings is 1. The summed E-state index contributed by atoms with van der Waals surface area (Å²) in [6.45, 7) is 2.59. The van der Waals surface area contributed by atoms with E-state index in [9.17, 15) is 14.0 Å². The predicted molar refractivity (Wildman–Crippen MR) is 94.9 cm³/mol. The summed E-state index contributed by atoms with van der Waals surface area (Å²) >= 11 is 0. The minimum absolute atomic E-state index is 0.0162. The SMILES string of the molecule is CC(OCC1CCCO1)C(=O)OCC(=O)N(C)CCOc1ccccc1F. The van der Waals surface area contributed by atoms with E-state index in [-0.39, 0.29) is 37.5 Å². The van der Waals surface area contributed by atoms with Crippen molar-refractivity contribution in [3.8, 4) is 5.75 Å². The van der Waals surface area contributed by atoms with Crippen LogP contribution in [0.3, 0.4) is 0 Å². The maximum Gasteiger partial charge on any atom is 0.335 e. The number of rotatable bonds is 10. The van der Waals surface area contributed by atoms with Gasteiger partial charge >= 0.3 is 5.97 Å². The van der Waals surface area contributed by atoms with E-state index in [4.69, 9.17) is 18.9 Å². The Morgan fingerprint density at radius 3 is 2.85 bits per heavy atom. The van der Waals surface area contributed by atoms with Gasteiger partial charge in [-0.2, -0.15) is 0 Å². The molecule has 1 amide bonds. The number of ether oxygens (including phenoxy) is 4. The lowest BCUT2D eigenvalue weighted by Gasteiger charge is -2.19. The zero-order chi connectivity index (χ0) is 19.6. The summed E-state index contributed by atoms with van der Waals surface area (Å²) in [4.78, 5) is 25.2. The van der Waals surface area contributed by atoms with Gasteiger partial charge in [-0.15, -0.1) is 0 Å². The van der Waals surface area contributed by atoms with E-state index < -0.39 is 17.9 Å². The molecule has 27 heavy (non-hydrogen) atoms. The molecule has 0 spiro atoms. The van der Waals surface area contributed by atoms with E-state index in [1.54, 1.807) is 26.1 Å². The first-order valence-electron chi connectivity index (χ1n) is 8.98. The summed E-state index contributed by atoms with van der Waals surface area (Å²) in [5.74, 6) is -1.32. The van der Waals surface area contributed by atoms with Crippen molar-refractivity contribution in [1.29, 1.82) is 0 Å². The highest BCUT2D eigenvalue weighted by Gasteiger charge is 2.22. The fourth-order valence-corrected chi connectivity index (χ4v) is 2.43. The quantitative estimate of drug-likeness (QED) is 0.574. The van der Waals surface area contributed by atoms with Crippen molar-refractivity contribution in [3.63, 3.8) is 0 Å². The molecule has 2 unspecified atom stereocenters. The topological polar surface area (TPSA) is 74.3 Å². The molecule has 1 aliphatic heterocycles. The molecule has 1 aliphatic rings. The van der Waals surface area contributed by atoms with Crippen LogP contribution >= 0.6 is 0 Å². The molecule has 1 aromatic carbocycles. The zero-order valence-corrected chi connectivity index (χ0v) is 15.7. The average Bonchev–Trinajstić information content (AvgIpc) is 3.18. The lowest BCUT2D eigenvalue weighted by molar-refractivity contribution is -0.162. The Labute approximate surface area is 158 Å². The van der Waals surface area contributed by atoms with Gasteiger partial charge in [0, 0.05) is 13.7 Å². The second kappa shape index (κ2) is 10.8. The Kier molecular flexibility index (Phi) is 8.47. The molecule has 2 rings (SSSR count). The second-order valence-electron chi connectivity index (χ2n) is 6.31. The van der Waals surface area contributed by atoms with E-state index >= 15 is 0 Å². The molecule has 150 valence electrons. The standard InChI is InChI=1S/C19H26FNO6/c1-14(26-12-15-6-5-10-24-15)19(23)27-13-18(22)21(2)9-11-25-17-8-4-3-7-16(17)20/h3-4,7-8,14-15H,5-6,9-13H2,1-2H3. The molecule has 7 nitrogen and oxygen atoms in total. The van der Waals surface area contributed by atoms with Gasteiger partial charge in [-0.1, -0.05) is 12.1 Å². The van der Waals surface area contributed by atoms with Gasteiger partial charge in [-0.25, -0.2) is 9.18 Å². The van der Waals surface area contributed by atoms with Crippen LogP contribution in [0.15, 0.2) is 24.3 Å². The smallest absolute Gasteiger partial charge is 0.335 e. The highest BCUT2D eigenvalue weighted by molar-refractivity contribution is 5.81. The first kappa shape index (κ1) is 21.1. The fraction of sp³-hybridized carbons (Fsp3) is 0.579. The number of hydrogen-bond donors (Lipinski definition) is 0. The van der Waals surface area contributed by atoms with E-state index in [1.807, 2.05) is 0 Å². The molecule has 1 heterocycles. The van der Waals surface area contributed by atoms with Crippen molar-refractivity contribution in [2.75, 3.05) is 40.0 Å². The van der Waals surface area contributed by atoms with Crippen LogP contribution in [0.2, 0.25) is 0 Å². The monoisotopic (exact) mass is 383 g/mol. The van der Waals surface area contributed by atoms with Crippen molar-refractivity contribution >= 4 is 11.9 Å². The molecular weight excluding hydrogens is 357 g/mol. The third-order valence-electron chi connectivity index (χ3n) is 4.17. The van der Waals surface area contributed by atoms with E-state index in [1.165, 1.54) is 17.0 Å². The minimum Gasteiger partial charge on any atom is -0.489 e. The number of amides is 1. The summed E-state index contributed by atoms with van der Waals surface area (Å²) in [6, 6.07) is 6.04. The van der Waals surface area contributed by atoms with Gasteiger partial charge in [-0.3, -0.25) is 4.79 Å². The number of hydrogen-bond acceptors (Lipinski definition) is 6. The van der Waals surface area contributed by atoms with Crippen LogP contribution in [0.5, 0.6) is 5.75 Å². The second-order valence-corrected chi connectivity index (χ2v) is 6.31. The van der Waals surface area contributed by atoms with Gasteiger partial charge in [0.25, 0.3) is 5.91 Å². The van der Waals surface area contributed by atoms with Crippen LogP contribution in [0.25, 0.3) is 0 Å². The van der Waals surface area contributed by atoms with E-state index in [0.717, 1.165) is 12.8 Å². The van der Waals surface area contributed by atoms with Gasteiger partial charge in [0.2, 0.25) is 0 Å². The summed E-state index contributed by atoms with van der Waals surface area (Å²) in [7, 11) is 1.55. The van der Waals surface area contributed by atoms with Crippen LogP contribution < -0.4 is 4.74 Å². The lowest BCUT2D eigenvalue weighted by atomic mass is 10.2. The number of halogens is 1. The molecule has 0 saturated carbocycles. The third-order valence-corrected chi connectivity index (χ3v) is 4.17. The molecule has 1 fully saturated rings. The van der Waals surface area contributed by atoms with Gasteiger partial charge in [0.05, 0.1) is 19.3 Å². The number of likely N-dealkylation sites (N-methyl/N-ethyl adjacent to an activating group) is 1. The Balaban J connectivity index is 1.61. The molecule has 1 aromatic rings. The largest absolute Gasteiger partial charge is 0.489 e.